The molecule has 0 saturated carbocycles. The van der Waals surface area contributed by atoms with Crippen molar-refractivity contribution in [3.8, 4) is 0 Å². The van der Waals surface area contributed by atoms with Crippen molar-refractivity contribution in [2.24, 2.45) is 13.0 Å². The number of likely N-dealkylation sites (N-methyl/N-ethyl adjacent to an activating group) is 1. The minimum atomic E-state index is 0.0604. The summed E-state index contributed by atoms with van der Waals surface area (Å²) in [6, 6.07) is 2.26. The van der Waals surface area contributed by atoms with Gasteiger partial charge in [0.2, 0.25) is 0 Å². The van der Waals surface area contributed by atoms with Gasteiger partial charge in [-0.2, -0.15) is 0 Å². The van der Waals surface area contributed by atoms with Crippen LogP contribution in [0.1, 0.15) is 29.8 Å². The number of aryl methyl sites for hydroxylation is 1. The number of aliphatic hydroxyl groups is 1. The van der Waals surface area contributed by atoms with E-state index in [1.807, 2.05) is 11.9 Å². The van der Waals surface area contributed by atoms with Gasteiger partial charge in [-0.15, -0.1) is 0 Å². The lowest BCUT2D eigenvalue weighted by molar-refractivity contribution is 0.0214. The molecule has 2 saturated heterocycles. The Labute approximate surface area is 161 Å². The quantitative estimate of drug-likeness (QED) is 0.839. The third-order valence-electron chi connectivity index (χ3n) is 5.91. The summed E-state index contributed by atoms with van der Waals surface area (Å²) < 4.78 is 1.81. The second-order valence-electron chi connectivity index (χ2n) is 7.73. The highest BCUT2D eigenvalue weighted by atomic mass is 35.5. The Morgan fingerprint density at radius 3 is 2.58 bits per heavy atom. The topological polar surface area (TPSA) is 52.0 Å². The summed E-state index contributed by atoms with van der Waals surface area (Å²) in [5.74, 6) is 0.476. The highest BCUT2D eigenvalue weighted by Gasteiger charge is 2.36. The molecule has 0 unspecified atom stereocenters. The van der Waals surface area contributed by atoms with Gasteiger partial charge in [-0.1, -0.05) is 11.6 Å². The van der Waals surface area contributed by atoms with Crippen molar-refractivity contribution < 1.29 is 9.90 Å². The number of hydrogen-bond donors (Lipinski definition) is 1. The minimum absolute atomic E-state index is 0.0604. The van der Waals surface area contributed by atoms with E-state index in [0.717, 1.165) is 58.5 Å². The van der Waals surface area contributed by atoms with Gasteiger partial charge in [-0.25, -0.2) is 0 Å². The van der Waals surface area contributed by atoms with Crippen molar-refractivity contribution in [3.05, 3.63) is 23.0 Å². The third-order valence-corrected chi connectivity index (χ3v) is 6.12. The van der Waals surface area contributed by atoms with E-state index in [1.54, 1.807) is 16.8 Å². The first-order chi connectivity index (χ1) is 12.5. The van der Waals surface area contributed by atoms with E-state index >= 15 is 0 Å². The SMILES string of the molecule is CN1CCN([C@@H]2CCN(C(=O)c3cc(Cl)cn3C)C[C@@H]2CCCO)CC1. The summed E-state index contributed by atoms with van der Waals surface area (Å²) in [6.45, 7) is 6.16. The average Bonchev–Trinajstić information content (AvgIpc) is 2.98. The number of piperazine rings is 1. The largest absolute Gasteiger partial charge is 0.396 e. The minimum Gasteiger partial charge on any atom is -0.396 e. The van der Waals surface area contributed by atoms with E-state index < -0.39 is 0 Å². The second kappa shape index (κ2) is 8.74. The molecule has 3 heterocycles. The maximum Gasteiger partial charge on any atom is 0.270 e. The van der Waals surface area contributed by atoms with E-state index in [2.05, 4.69) is 16.8 Å². The average molecular weight is 383 g/mol. The molecule has 146 valence electrons. The van der Waals surface area contributed by atoms with Gasteiger partial charge >= 0.3 is 0 Å². The van der Waals surface area contributed by atoms with Gasteiger partial charge < -0.3 is 19.5 Å². The first kappa shape index (κ1) is 19.7. The number of carbonyl (C=O) groups is 1. The molecule has 2 atom stereocenters. The fraction of sp³-hybridized carbons (Fsp3) is 0.737. The number of rotatable bonds is 5. The van der Waals surface area contributed by atoms with Crippen LogP contribution in [0.25, 0.3) is 0 Å². The first-order valence-corrected chi connectivity index (χ1v) is 10.0. The lowest BCUT2D eigenvalue weighted by Gasteiger charge is -2.46. The molecular weight excluding hydrogens is 352 g/mol. The van der Waals surface area contributed by atoms with Crippen LogP contribution < -0.4 is 0 Å². The molecule has 26 heavy (non-hydrogen) atoms. The van der Waals surface area contributed by atoms with Crippen LogP contribution in [0.5, 0.6) is 0 Å². The van der Waals surface area contributed by atoms with Crippen molar-refractivity contribution in [1.29, 1.82) is 0 Å². The van der Waals surface area contributed by atoms with E-state index in [-0.39, 0.29) is 12.5 Å². The van der Waals surface area contributed by atoms with Crippen LogP contribution >= 0.6 is 11.6 Å². The van der Waals surface area contributed by atoms with Crippen LogP contribution in [0.15, 0.2) is 12.3 Å². The molecule has 3 rings (SSSR count). The summed E-state index contributed by atoms with van der Waals surface area (Å²) in [5, 5.41) is 9.90. The third kappa shape index (κ3) is 4.42. The molecule has 6 nitrogen and oxygen atoms in total. The molecule has 2 fully saturated rings. The molecule has 7 heteroatoms. The molecule has 2 aliphatic rings. The summed E-state index contributed by atoms with van der Waals surface area (Å²) in [6.07, 6.45) is 4.54. The zero-order chi connectivity index (χ0) is 18.7. The normalized spacial score (nSPS) is 25.6. The van der Waals surface area contributed by atoms with Gasteiger partial charge in [0.15, 0.2) is 0 Å². The van der Waals surface area contributed by atoms with Gasteiger partial charge in [-0.05, 0) is 38.3 Å². The number of hydrogen-bond acceptors (Lipinski definition) is 4. The first-order valence-electron chi connectivity index (χ1n) is 9.64. The van der Waals surface area contributed by atoms with E-state index in [0.29, 0.717) is 22.7 Å². The number of piperidine rings is 1. The van der Waals surface area contributed by atoms with Gasteiger partial charge in [-0.3, -0.25) is 9.69 Å². The van der Waals surface area contributed by atoms with Crippen molar-refractivity contribution >= 4 is 17.5 Å². The van der Waals surface area contributed by atoms with Gasteiger partial charge in [0.05, 0.1) is 5.02 Å². The Balaban J connectivity index is 1.69. The van der Waals surface area contributed by atoms with Crippen molar-refractivity contribution in [2.75, 3.05) is 52.9 Å². The molecule has 0 aromatic carbocycles. The van der Waals surface area contributed by atoms with Crippen molar-refractivity contribution in [3.63, 3.8) is 0 Å². The highest BCUT2D eigenvalue weighted by molar-refractivity contribution is 6.31. The fourth-order valence-electron chi connectivity index (χ4n) is 4.37. The zero-order valence-electron chi connectivity index (χ0n) is 15.9. The van der Waals surface area contributed by atoms with Crippen LogP contribution in [-0.4, -0.2) is 89.2 Å². The Kier molecular flexibility index (Phi) is 6.61. The molecule has 1 N–H and O–H groups in total. The summed E-state index contributed by atoms with van der Waals surface area (Å²) in [5.41, 5.74) is 0.647. The highest BCUT2D eigenvalue weighted by Crippen LogP contribution is 2.28. The Hall–Kier alpha value is -1.08. The van der Waals surface area contributed by atoms with Gasteiger partial charge in [0, 0.05) is 65.2 Å². The molecule has 0 bridgehead atoms. The molecular formula is C19H31ClN4O2. The Morgan fingerprint density at radius 2 is 1.96 bits per heavy atom. The summed E-state index contributed by atoms with van der Waals surface area (Å²) in [4.78, 5) is 19.9. The fourth-order valence-corrected chi connectivity index (χ4v) is 4.62. The van der Waals surface area contributed by atoms with Crippen LogP contribution in [0, 0.1) is 5.92 Å². The standard InChI is InChI=1S/C19H31ClN4O2/c1-21-7-9-23(10-8-21)17-5-6-24(13-15(17)4-3-11-25)19(26)18-12-16(20)14-22(18)2/h12,14-15,17,25H,3-11,13H2,1-2H3/t15-,17+/m0/s1. The summed E-state index contributed by atoms with van der Waals surface area (Å²) in [7, 11) is 4.03. The summed E-state index contributed by atoms with van der Waals surface area (Å²) >= 11 is 6.05. The lowest BCUT2D eigenvalue weighted by atomic mass is 9.86. The lowest BCUT2D eigenvalue weighted by Crippen LogP contribution is -2.57. The van der Waals surface area contributed by atoms with E-state index in [9.17, 15) is 9.90 Å². The number of carbonyl (C=O) groups excluding carboxylic acids is 1. The van der Waals surface area contributed by atoms with Crippen molar-refractivity contribution in [1.82, 2.24) is 19.3 Å². The zero-order valence-corrected chi connectivity index (χ0v) is 16.7. The number of aromatic nitrogens is 1. The molecule has 0 aliphatic carbocycles. The van der Waals surface area contributed by atoms with Crippen LogP contribution in [0.3, 0.4) is 0 Å². The maximum atomic E-state index is 13.0. The van der Waals surface area contributed by atoms with Crippen LogP contribution in [0.2, 0.25) is 5.02 Å². The second-order valence-corrected chi connectivity index (χ2v) is 8.16. The molecule has 1 aromatic rings. The van der Waals surface area contributed by atoms with E-state index in [4.69, 9.17) is 11.6 Å². The van der Waals surface area contributed by atoms with Crippen molar-refractivity contribution in [2.45, 2.75) is 25.3 Å². The van der Waals surface area contributed by atoms with E-state index in [1.165, 1.54) is 0 Å². The smallest absolute Gasteiger partial charge is 0.270 e. The predicted molar refractivity (Wildman–Crippen MR) is 104 cm³/mol. The number of likely N-dealkylation sites (tertiary alicyclic amines) is 1. The van der Waals surface area contributed by atoms with Crippen LogP contribution in [0.4, 0.5) is 0 Å². The van der Waals surface area contributed by atoms with Gasteiger partial charge in [0.1, 0.15) is 5.69 Å². The Morgan fingerprint density at radius 1 is 1.23 bits per heavy atom. The number of halogens is 1. The molecule has 1 amide bonds. The molecule has 2 aliphatic heterocycles. The van der Waals surface area contributed by atoms with Gasteiger partial charge in [0.25, 0.3) is 5.91 Å². The number of amides is 1. The number of nitrogens with zero attached hydrogens (tertiary/aromatic N) is 4. The maximum absolute atomic E-state index is 13.0. The van der Waals surface area contributed by atoms with Crippen LogP contribution in [-0.2, 0) is 7.05 Å². The molecule has 1 aromatic heterocycles. The molecule has 0 spiro atoms. The Bertz CT molecular complexity index is 613. The monoisotopic (exact) mass is 382 g/mol. The number of aliphatic hydroxyl groups excluding tert-OH is 1. The predicted octanol–water partition coefficient (Wildman–Crippen LogP) is 1.53. The molecule has 0 radical (unpaired) electrons.